The van der Waals surface area contributed by atoms with Crippen molar-refractivity contribution in [2.24, 2.45) is 0 Å². The Morgan fingerprint density at radius 3 is 2.14 bits per heavy atom. The summed E-state index contributed by atoms with van der Waals surface area (Å²) in [5, 5.41) is 3.19. The number of para-hydroxylation sites is 2. The van der Waals surface area contributed by atoms with E-state index in [2.05, 4.69) is 146 Å². The molecule has 210 valence electrons. The van der Waals surface area contributed by atoms with Gasteiger partial charge in [0.1, 0.15) is 0 Å². The molecule has 0 unspecified atom stereocenters. The molecule has 0 fully saturated rings. The molecule has 0 N–H and O–H groups in total. The summed E-state index contributed by atoms with van der Waals surface area (Å²) in [7, 11) is 0. The van der Waals surface area contributed by atoms with Crippen LogP contribution in [0.25, 0.3) is 33.1 Å². The average Bonchev–Trinajstić information content (AvgIpc) is 3.45. The molecule has 7 rings (SSSR count). The number of rotatable bonds is 6. The normalized spacial score (nSPS) is 14.1. The summed E-state index contributed by atoms with van der Waals surface area (Å²) in [6, 6.07) is 41.1. The van der Waals surface area contributed by atoms with E-state index in [4.69, 9.17) is 11.6 Å². The molecular weight excluding hydrogens is 544 g/mol. The van der Waals surface area contributed by atoms with Gasteiger partial charge >= 0.3 is 0 Å². The summed E-state index contributed by atoms with van der Waals surface area (Å²) in [5.74, 6) is 0. The Bertz CT molecular complexity index is 2080. The molecule has 0 bridgehead atoms. The summed E-state index contributed by atoms with van der Waals surface area (Å²) in [4.78, 5) is 2.34. The Kier molecular flexibility index (Phi) is 6.60. The van der Waals surface area contributed by atoms with Gasteiger partial charge in [-0.2, -0.15) is 0 Å². The zero-order valence-electron chi connectivity index (χ0n) is 24.7. The fourth-order valence-corrected chi connectivity index (χ4v) is 6.66. The highest BCUT2D eigenvalue weighted by Crippen LogP contribution is 2.49. The first-order valence-corrected chi connectivity index (χ1v) is 15.1. The number of fused-ring (bicyclic) bond motifs is 4. The maximum absolute atomic E-state index is 6.37. The zero-order chi connectivity index (χ0) is 29.7. The van der Waals surface area contributed by atoms with Crippen molar-refractivity contribution in [1.82, 2.24) is 4.57 Å². The molecule has 1 aliphatic rings. The molecule has 5 aromatic carbocycles. The molecule has 1 heterocycles. The van der Waals surface area contributed by atoms with Crippen molar-refractivity contribution in [2.75, 3.05) is 4.90 Å². The van der Waals surface area contributed by atoms with Gasteiger partial charge in [0.05, 0.1) is 11.0 Å². The lowest BCUT2D eigenvalue weighted by Gasteiger charge is -2.28. The Balaban J connectivity index is 1.46. The van der Waals surface area contributed by atoms with E-state index in [1.807, 2.05) is 24.3 Å². The van der Waals surface area contributed by atoms with Crippen molar-refractivity contribution in [1.29, 1.82) is 0 Å². The number of halogens is 1. The zero-order valence-corrected chi connectivity index (χ0v) is 25.4. The van der Waals surface area contributed by atoms with Gasteiger partial charge in [-0.15, -0.1) is 0 Å². The predicted octanol–water partition coefficient (Wildman–Crippen LogP) is 11.7. The van der Waals surface area contributed by atoms with Crippen LogP contribution in [0.1, 0.15) is 31.9 Å². The second kappa shape index (κ2) is 10.5. The first kappa shape index (κ1) is 27.1. The first-order chi connectivity index (χ1) is 20.9. The lowest BCUT2D eigenvalue weighted by atomic mass is 9.82. The van der Waals surface area contributed by atoms with Gasteiger partial charge in [0, 0.05) is 44.0 Å². The molecule has 0 spiro atoms. The Hall–Kier alpha value is -4.79. The van der Waals surface area contributed by atoms with Crippen molar-refractivity contribution in [3.05, 3.63) is 162 Å². The van der Waals surface area contributed by atoms with Crippen molar-refractivity contribution < 1.29 is 0 Å². The second-order valence-electron chi connectivity index (χ2n) is 11.7. The molecule has 3 heteroatoms. The fourth-order valence-electron chi connectivity index (χ4n) is 6.53. The maximum atomic E-state index is 6.37. The SMILES string of the molecule is C=C/C=C\C1=C(C)C(C)(C)c2cc(N(c3ccc(Cl)cc3)c3ccc4c5ccccc5n(-c5ccccc5)c4c3)ccc21. The van der Waals surface area contributed by atoms with E-state index >= 15 is 0 Å². The topological polar surface area (TPSA) is 8.17 Å². The minimum Gasteiger partial charge on any atom is -0.310 e. The van der Waals surface area contributed by atoms with Crippen LogP contribution in [0.5, 0.6) is 0 Å². The van der Waals surface area contributed by atoms with Gasteiger partial charge < -0.3 is 9.47 Å². The molecule has 6 aromatic rings. The van der Waals surface area contributed by atoms with E-state index in [1.165, 1.54) is 44.1 Å². The Morgan fingerprint density at radius 1 is 0.721 bits per heavy atom. The molecular formula is C40H33ClN2. The van der Waals surface area contributed by atoms with Crippen molar-refractivity contribution >= 4 is 56.0 Å². The van der Waals surface area contributed by atoms with Crippen LogP contribution in [-0.2, 0) is 5.41 Å². The standard InChI is InChI=1S/C40H33ClN2/c1-5-6-14-33-27(2)40(3,4)37-25-31(21-23-34(33)37)42(30-19-17-28(41)18-20-30)32-22-24-36-35-15-10-11-16-38(35)43(39(36)26-32)29-12-8-7-9-13-29/h5-26H,1H2,2-4H3/b14-6-. The minimum atomic E-state index is -0.0957. The molecule has 0 radical (unpaired) electrons. The molecule has 0 aliphatic heterocycles. The third-order valence-electron chi connectivity index (χ3n) is 8.98. The molecule has 0 amide bonds. The lowest BCUT2D eigenvalue weighted by Crippen LogP contribution is -2.17. The smallest absolute Gasteiger partial charge is 0.0561 e. The van der Waals surface area contributed by atoms with E-state index in [0.717, 1.165) is 27.8 Å². The van der Waals surface area contributed by atoms with Crippen LogP contribution in [0.15, 0.2) is 146 Å². The maximum Gasteiger partial charge on any atom is 0.0561 e. The van der Waals surface area contributed by atoms with Crippen LogP contribution in [0.4, 0.5) is 17.1 Å². The molecule has 0 atom stereocenters. The van der Waals surface area contributed by atoms with Gasteiger partial charge in [-0.1, -0.05) is 104 Å². The molecule has 43 heavy (non-hydrogen) atoms. The van der Waals surface area contributed by atoms with E-state index in [-0.39, 0.29) is 5.41 Å². The third-order valence-corrected chi connectivity index (χ3v) is 9.23. The third kappa shape index (κ3) is 4.42. The van der Waals surface area contributed by atoms with Crippen molar-refractivity contribution in [2.45, 2.75) is 26.2 Å². The summed E-state index contributed by atoms with van der Waals surface area (Å²) < 4.78 is 2.37. The van der Waals surface area contributed by atoms with Crippen LogP contribution in [0.2, 0.25) is 5.02 Å². The summed E-state index contributed by atoms with van der Waals surface area (Å²) >= 11 is 6.37. The number of benzene rings is 5. The molecule has 1 aliphatic carbocycles. The number of allylic oxidation sites excluding steroid dienone is 5. The van der Waals surface area contributed by atoms with Gasteiger partial charge in [0.2, 0.25) is 0 Å². The highest BCUT2D eigenvalue weighted by atomic mass is 35.5. The van der Waals surface area contributed by atoms with Crippen LogP contribution in [0, 0.1) is 0 Å². The Labute approximate surface area is 258 Å². The van der Waals surface area contributed by atoms with Crippen LogP contribution >= 0.6 is 11.6 Å². The second-order valence-corrected chi connectivity index (χ2v) is 12.1. The van der Waals surface area contributed by atoms with Gasteiger partial charge in [0.25, 0.3) is 0 Å². The fraction of sp³-hybridized carbons (Fsp3) is 0.100. The highest BCUT2D eigenvalue weighted by Gasteiger charge is 2.35. The van der Waals surface area contributed by atoms with Gasteiger partial charge in [-0.05, 0) is 90.4 Å². The molecule has 2 nitrogen and oxygen atoms in total. The number of hydrogen-bond acceptors (Lipinski definition) is 1. The Morgan fingerprint density at radius 2 is 1.37 bits per heavy atom. The summed E-state index contributed by atoms with van der Waals surface area (Å²) in [5.41, 5.74) is 11.9. The van der Waals surface area contributed by atoms with Gasteiger partial charge in [0.15, 0.2) is 0 Å². The number of hydrogen-bond donors (Lipinski definition) is 0. The number of aromatic nitrogens is 1. The van der Waals surface area contributed by atoms with Crippen molar-refractivity contribution in [3.8, 4) is 5.69 Å². The van der Waals surface area contributed by atoms with E-state index < -0.39 is 0 Å². The predicted molar refractivity (Wildman–Crippen MR) is 185 cm³/mol. The van der Waals surface area contributed by atoms with E-state index in [9.17, 15) is 0 Å². The monoisotopic (exact) mass is 576 g/mol. The largest absolute Gasteiger partial charge is 0.310 e. The van der Waals surface area contributed by atoms with Gasteiger partial charge in [-0.25, -0.2) is 0 Å². The minimum absolute atomic E-state index is 0.0957. The lowest BCUT2D eigenvalue weighted by molar-refractivity contribution is 0.639. The highest BCUT2D eigenvalue weighted by molar-refractivity contribution is 6.30. The van der Waals surface area contributed by atoms with Crippen LogP contribution < -0.4 is 4.90 Å². The molecule has 0 saturated heterocycles. The average molecular weight is 577 g/mol. The van der Waals surface area contributed by atoms with Gasteiger partial charge in [-0.3, -0.25) is 0 Å². The molecule has 1 aromatic heterocycles. The van der Waals surface area contributed by atoms with Crippen molar-refractivity contribution in [3.63, 3.8) is 0 Å². The summed E-state index contributed by atoms with van der Waals surface area (Å²) in [6.07, 6.45) is 6.05. The number of anilines is 3. The van der Waals surface area contributed by atoms with Crippen LogP contribution in [-0.4, -0.2) is 4.57 Å². The van der Waals surface area contributed by atoms with Crippen LogP contribution in [0.3, 0.4) is 0 Å². The van der Waals surface area contributed by atoms with E-state index in [0.29, 0.717) is 0 Å². The number of nitrogens with zero attached hydrogens (tertiary/aromatic N) is 2. The molecule has 0 saturated carbocycles. The summed E-state index contributed by atoms with van der Waals surface area (Å²) in [6.45, 7) is 10.8. The van der Waals surface area contributed by atoms with E-state index in [1.54, 1.807) is 0 Å². The quantitative estimate of drug-likeness (QED) is 0.179. The first-order valence-electron chi connectivity index (χ1n) is 14.7.